The lowest BCUT2D eigenvalue weighted by molar-refractivity contribution is 0.124. The van der Waals surface area contributed by atoms with Crippen molar-refractivity contribution >= 4 is 28.7 Å². The molecule has 0 radical (unpaired) electrons. The molecule has 3 rings (SSSR count). The van der Waals surface area contributed by atoms with Gasteiger partial charge < -0.3 is 20.1 Å². The zero-order valence-corrected chi connectivity index (χ0v) is 18.2. The number of hydrogen-bond acceptors (Lipinski definition) is 6. The van der Waals surface area contributed by atoms with Crippen molar-refractivity contribution in [3.8, 4) is 11.1 Å². The van der Waals surface area contributed by atoms with Gasteiger partial charge in [0.1, 0.15) is 5.82 Å². The smallest absolute Gasteiger partial charge is 0.407 e. The van der Waals surface area contributed by atoms with Crippen LogP contribution < -0.4 is 16.0 Å². The van der Waals surface area contributed by atoms with Gasteiger partial charge in [-0.05, 0) is 47.2 Å². The minimum atomic E-state index is -0.491. The zero-order valence-electron chi connectivity index (χ0n) is 18.2. The van der Waals surface area contributed by atoms with E-state index in [1.807, 2.05) is 37.3 Å². The topological polar surface area (TPSA) is 114 Å². The molecule has 9 heteroatoms. The van der Waals surface area contributed by atoms with Crippen molar-refractivity contribution in [1.29, 1.82) is 0 Å². The van der Waals surface area contributed by atoms with Crippen molar-refractivity contribution in [3.63, 3.8) is 0 Å². The summed E-state index contributed by atoms with van der Waals surface area (Å²) >= 11 is 0. The number of methoxy groups -OCH3 is 1. The van der Waals surface area contributed by atoms with Crippen LogP contribution in [0.2, 0.25) is 0 Å². The molecule has 2 heterocycles. The number of ether oxygens (including phenoxy) is 2. The van der Waals surface area contributed by atoms with Crippen LogP contribution in [0, 0.1) is 0 Å². The third-order valence-electron chi connectivity index (χ3n) is 4.71. The standard InChI is InChI=1S/C23H27N5O4/c1-3-25-22(29)28-21-13-19-18(16-7-9-24-10-8-16)6-5-17(20(19)15-26-21)14-27-23(30)32-12-4-11-31-2/h5-10,13,15H,3-4,11-12,14H2,1-2H3,(H,27,30)(H2,25,26,28,29). The summed E-state index contributed by atoms with van der Waals surface area (Å²) in [6.07, 6.45) is 5.30. The van der Waals surface area contributed by atoms with Gasteiger partial charge in [0.05, 0.1) is 6.61 Å². The highest BCUT2D eigenvalue weighted by molar-refractivity contribution is 6.00. The average Bonchev–Trinajstić information content (AvgIpc) is 2.81. The lowest BCUT2D eigenvalue weighted by Gasteiger charge is -2.14. The summed E-state index contributed by atoms with van der Waals surface area (Å²) in [5, 5.41) is 9.96. The Hall–Kier alpha value is -3.72. The molecular weight excluding hydrogens is 410 g/mol. The Labute approximate surface area is 186 Å². The fraction of sp³-hybridized carbons (Fsp3) is 0.304. The number of hydrogen-bond donors (Lipinski definition) is 3. The number of carbonyl (C=O) groups is 2. The SMILES string of the molecule is CCNC(=O)Nc1cc2c(-c3ccncc3)ccc(CNC(=O)OCCCOC)c2cn1. The van der Waals surface area contributed by atoms with Crippen molar-refractivity contribution in [2.45, 2.75) is 19.9 Å². The molecule has 0 fully saturated rings. The van der Waals surface area contributed by atoms with Gasteiger partial charge in [-0.25, -0.2) is 14.6 Å². The van der Waals surface area contributed by atoms with E-state index in [-0.39, 0.29) is 19.2 Å². The van der Waals surface area contributed by atoms with Gasteiger partial charge in [-0.1, -0.05) is 12.1 Å². The second-order valence-electron chi connectivity index (χ2n) is 6.94. The van der Waals surface area contributed by atoms with E-state index in [0.717, 1.165) is 27.5 Å². The van der Waals surface area contributed by atoms with Crippen molar-refractivity contribution < 1.29 is 19.1 Å². The maximum absolute atomic E-state index is 12.0. The first kappa shape index (κ1) is 23.0. The van der Waals surface area contributed by atoms with E-state index >= 15 is 0 Å². The fourth-order valence-electron chi connectivity index (χ4n) is 3.21. The monoisotopic (exact) mass is 437 g/mol. The number of urea groups is 1. The van der Waals surface area contributed by atoms with Crippen LogP contribution in [-0.2, 0) is 16.0 Å². The number of rotatable bonds is 9. The van der Waals surface area contributed by atoms with Crippen LogP contribution in [0.25, 0.3) is 21.9 Å². The summed E-state index contributed by atoms with van der Waals surface area (Å²) in [6, 6.07) is 9.27. The van der Waals surface area contributed by atoms with E-state index < -0.39 is 6.09 Å². The highest BCUT2D eigenvalue weighted by atomic mass is 16.5. The fourth-order valence-corrected chi connectivity index (χ4v) is 3.21. The first-order valence-electron chi connectivity index (χ1n) is 10.4. The van der Waals surface area contributed by atoms with Crippen LogP contribution in [0.5, 0.6) is 0 Å². The normalized spacial score (nSPS) is 10.6. The van der Waals surface area contributed by atoms with Gasteiger partial charge in [0.15, 0.2) is 0 Å². The Kier molecular flexibility index (Phi) is 8.33. The van der Waals surface area contributed by atoms with Crippen molar-refractivity contribution in [2.24, 2.45) is 0 Å². The van der Waals surface area contributed by atoms with Crippen molar-refractivity contribution in [3.05, 3.63) is 54.5 Å². The summed E-state index contributed by atoms with van der Waals surface area (Å²) in [5.41, 5.74) is 2.83. The van der Waals surface area contributed by atoms with E-state index in [9.17, 15) is 9.59 Å². The van der Waals surface area contributed by atoms with Crippen LogP contribution >= 0.6 is 0 Å². The number of amides is 3. The number of nitrogens with one attached hydrogen (secondary N) is 3. The van der Waals surface area contributed by atoms with Gasteiger partial charge >= 0.3 is 12.1 Å². The summed E-state index contributed by atoms with van der Waals surface area (Å²) in [7, 11) is 1.60. The Balaban J connectivity index is 1.86. The second kappa shape index (κ2) is 11.6. The van der Waals surface area contributed by atoms with Crippen LogP contribution in [0.3, 0.4) is 0 Å². The van der Waals surface area contributed by atoms with E-state index in [1.165, 1.54) is 0 Å². The van der Waals surface area contributed by atoms with E-state index in [0.29, 0.717) is 25.4 Å². The number of carbonyl (C=O) groups excluding carboxylic acids is 2. The molecule has 0 unspecified atom stereocenters. The highest BCUT2D eigenvalue weighted by Gasteiger charge is 2.12. The van der Waals surface area contributed by atoms with Gasteiger partial charge in [0.2, 0.25) is 0 Å². The lowest BCUT2D eigenvalue weighted by Crippen LogP contribution is -2.28. The Morgan fingerprint density at radius 1 is 1.03 bits per heavy atom. The molecule has 0 spiro atoms. The molecular formula is C23H27N5O4. The summed E-state index contributed by atoms with van der Waals surface area (Å²) in [4.78, 5) is 32.4. The van der Waals surface area contributed by atoms with Crippen LogP contribution in [0.4, 0.5) is 15.4 Å². The van der Waals surface area contributed by atoms with E-state index in [2.05, 4.69) is 25.9 Å². The van der Waals surface area contributed by atoms with Crippen molar-refractivity contribution in [1.82, 2.24) is 20.6 Å². The number of fused-ring (bicyclic) bond motifs is 1. The molecule has 0 saturated carbocycles. The molecule has 3 amide bonds. The minimum absolute atomic E-state index is 0.279. The predicted molar refractivity (Wildman–Crippen MR) is 122 cm³/mol. The van der Waals surface area contributed by atoms with Crippen LogP contribution in [-0.4, -0.2) is 49.0 Å². The summed E-state index contributed by atoms with van der Waals surface area (Å²) in [6.45, 7) is 3.46. The van der Waals surface area contributed by atoms with Crippen LogP contribution in [0.1, 0.15) is 18.9 Å². The number of benzene rings is 1. The van der Waals surface area contributed by atoms with Gasteiger partial charge in [-0.2, -0.15) is 0 Å². The Bertz CT molecular complexity index is 1060. The molecule has 3 N–H and O–H groups in total. The maximum atomic E-state index is 12.0. The largest absolute Gasteiger partial charge is 0.449 e. The zero-order chi connectivity index (χ0) is 22.8. The summed E-state index contributed by atoms with van der Waals surface area (Å²) < 4.78 is 10.1. The molecule has 9 nitrogen and oxygen atoms in total. The molecule has 1 aromatic carbocycles. The minimum Gasteiger partial charge on any atom is -0.449 e. The van der Waals surface area contributed by atoms with Gasteiger partial charge in [-0.3, -0.25) is 10.3 Å². The molecule has 32 heavy (non-hydrogen) atoms. The van der Waals surface area contributed by atoms with E-state index in [1.54, 1.807) is 25.7 Å². The number of aromatic nitrogens is 2. The number of nitrogens with zero attached hydrogens (tertiary/aromatic N) is 2. The maximum Gasteiger partial charge on any atom is 0.407 e. The molecule has 2 aromatic heterocycles. The van der Waals surface area contributed by atoms with Crippen molar-refractivity contribution in [2.75, 3.05) is 32.2 Å². The number of pyridine rings is 2. The molecule has 0 bridgehead atoms. The third kappa shape index (κ3) is 6.14. The predicted octanol–water partition coefficient (Wildman–Crippen LogP) is 3.70. The molecule has 0 aliphatic carbocycles. The Morgan fingerprint density at radius 3 is 2.59 bits per heavy atom. The lowest BCUT2D eigenvalue weighted by atomic mass is 9.96. The van der Waals surface area contributed by atoms with Gasteiger partial charge in [0.25, 0.3) is 0 Å². The molecule has 0 atom stereocenters. The van der Waals surface area contributed by atoms with Gasteiger partial charge in [-0.15, -0.1) is 0 Å². The first-order valence-corrected chi connectivity index (χ1v) is 10.4. The number of alkyl carbamates (subject to hydrolysis) is 1. The third-order valence-corrected chi connectivity index (χ3v) is 4.71. The molecule has 0 aliphatic heterocycles. The quantitative estimate of drug-likeness (QED) is 0.440. The second-order valence-corrected chi connectivity index (χ2v) is 6.94. The molecule has 0 saturated heterocycles. The Morgan fingerprint density at radius 2 is 1.84 bits per heavy atom. The van der Waals surface area contributed by atoms with Crippen LogP contribution in [0.15, 0.2) is 48.9 Å². The highest BCUT2D eigenvalue weighted by Crippen LogP contribution is 2.31. The molecule has 3 aromatic rings. The molecule has 168 valence electrons. The summed E-state index contributed by atoms with van der Waals surface area (Å²) in [5.74, 6) is 0.432. The first-order chi connectivity index (χ1) is 15.6. The van der Waals surface area contributed by atoms with Gasteiger partial charge in [0, 0.05) is 57.2 Å². The van der Waals surface area contributed by atoms with E-state index in [4.69, 9.17) is 9.47 Å². The average molecular weight is 438 g/mol. The number of anilines is 1. The molecule has 0 aliphatic rings.